The molecule has 2 rings (SSSR count). The smallest absolute Gasteiger partial charge is 0.487 e. The molecule has 0 atom stereocenters. The van der Waals surface area contributed by atoms with Crippen molar-refractivity contribution in [2.75, 3.05) is 6.61 Å². The van der Waals surface area contributed by atoms with E-state index < -0.39 is 31.0 Å². The molecule has 1 nitrogen and oxygen atoms in total. The van der Waals surface area contributed by atoms with Crippen LogP contribution in [0.1, 0.15) is 0 Å². The summed E-state index contributed by atoms with van der Waals surface area (Å²) in [5, 5.41) is 0.126. The fourth-order valence-electron chi connectivity index (χ4n) is 1.90. The molecule has 0 heterocycles. The zero-order valence-corrected chi connectivity index (χ0v) is 9.92. The number of rotatable bonds is 3. The average Bonchev–Trinajstić information content (AvgIpc) is 2.33. The highest BCUT2D eigenvalue weighted by molar-refractivity contribution is 6.76. The monoisotopic (exact) mass is 293 g/mol. The first-order valence-corrected chi connectivity index (χ1v) is 5.59. The van der Waals surface area contributed by atoms with Crippen LogP contribution in [0.25, 0.3) is 10.8 Å². The molecule has 20 heavy (non-hydrogen) atoms. The van der Waals surface area contributed by atoms with Crippen LogP contribution in [0.3, 0.4) is 0 Å². The SMILES string of the molecule is F[B-](F)(F)c1c(OCC(F)(F)F)ccc2ccccc12. The van der Waals surface area contributed by atoms with Crippen LogP contribution in [0, 0.1) is 0 Å². The zero-order valence-electron chi connectivity index (χ0n) is 9.92. The quantitative estimate of drug-likeness (QED) is 0.617. The van der Waals surface area contributed by atoms with Gasteiger partial charge in [0.2, 0.25) is 0 Å². The minimum absolute atomic E-state index is 0.167. The lowest BCUT2D eigenvalue weighted by molar-refractivity contribution is -0.153. The second kappa shape index (κ2) is 4.92. The van der Waals surface area contributed by atoms with Crippen molar-refractivity contribution in [1.82, 2.24) is 0 Å². The number of hydrogen-bond acceptors (Lipinski definition) is 1. The first kappa shape index (κ1) is 14.6. The Balaban J connectivity index is 2.54. The van der Waals surface area contributed by atoms with Gasteiger partial charge in [0, 0.05) is 0 Å². The Kier molecular flexibility index (Phi) is 3.58. The number of fused-ring (bicyclic) bond motifs is 1. The second-order valence-electron chi connectivity index (χ2n) is 4.18. The van der Waals surface area contributed by atoms with Crippen LogP contribution in [-0.4, -0.2) is 19.8 Å². The number of benzene rings is 2. The van der Waals surface area contributed by atoms with Gasteiger partial charge >= 0.3 is 13.2 Å². The molecular formula is C12H8BF6O-. The molecule has 0 N–H and O–H groups in total. The molecule has 0 fully saturated rings. The van der Waals surface area contributed by atoms with Crippen LogP contribution in [-0.2, 0) is 0 Å². The van der Waals surface area contributed by atoms with E-state index in [-0.39, 0.29) is 5.39 Å². The Morgan fingerprint density at radius 2 is 1.60 bits per heavy atom. The van der Waals surface area contributed by atoms with E-state index in [0.29, 0.717) is 5.39 Å². The molecule has 8 heteroatoms. The maximum absolute atomic E-state index is 13.1. The van der Waals surface area contributed by atoms with Crippen molar-refractivity contribution >= 4 is 23.2 Å². The van der Waals surface area contributed by atoms with E-state index in [1.54, 1.807) is 6.07 Å². The molecule has 0 unspecified atom stereocenters. The number of halogens is 6. The highest BCUT2D eigenvalue weighted by atomic mass is 19.4. The molecule has 0 aromatic heterocycles. The molecular weight excluding hydrogens is 285 g/mol. The van der Waals surface area contributed by atoms with Gasteiger partial charge in [-0.05, 0) is 16.8 Å². The average molecular weight is 293 g/mol. The molecule has 0 saturated heterocycles. The third kappa shape index (κ3) is 3.18. The van der Waals surface area contributed by atoms with Gasteiger partial charge < -0.3 is 17.7 Å². The van der Waals surface area contributed by atoms with Gasteiger partial charge in [0.25, 0.3) is 0 Å². The zero-order chi connectivity index (χ0) is 15.0. The third-order valence-corrected chi connectivity index (χ3v) is 2.65. The summed E-state index contributed by atoms with van der Waals surface area (Å²) in [7, 11) is 0. The summed E-state index contributed by atoms with van der Waals surface area (Å²) in [4.78, 5) is 0. The Hall–Kier alpha value is -1.86. The standard InChI is InChI=1S/C12H8BF6O/c14-12(15,16)7-20-10-6-5-8-3-1-2-4-9(8)11(10)13(17,18)19/h1-6H,7H2/q-1. The Morgan fingerprint density at radius 3 is 2.20 bits per heavy atom. The van der Waals surface area contributed by atoms with Crippen LogP contribution < -0.4 is 10.2 Å². The molecule has 0 radical (unpaired) electrons. The van der Waals surface area contributed by atoms with Crippen molar-refractivity contribution in [3.63, 3.8) is 0 Å². The molecule has 0 amide bonds. The van der Waals surface area contributed by atoms with Gasteiger partial charge in [0.15, 0.2) is 6.61 Å². The summed E-state index contributed by atoms with van der Waals surface area (Å²) in [6.07, 6.45) is -4.69. The van der Waals surface area contributed by atoms with Gasteiger partial charge in [-0.25, -0.2) is 0 Å². The lowest BCUT2D eigenvalue weighted by Gasteiger charge is -2.22. The van der Waals surface area contributed by atoms with Crippen LogP contribution in [0.15, 0.2) is 36.4 Å². The molecule has 108 valence electrons. The van der Waals surface area contributed by atoms with Crippen molar-refractivity contribution < 1.29 is 30.9 Å². The van der Waals surface area contributed by atoms with Crippen LogP contribution in [0.2, 0.25) is 0 Å². The summed E-state index contributed by atoms with van der Waals surface area (Å²) in [5.41, 5.74) is -1.13. The number of alkyl halides is 3. The molecule has 2 aromatic rings. The van der Waals surface area contributed by atoms with Gasteiger partial charge in [0.05, 0.1) is 5.75 Å². The normalized spacial score (nSPS) is 12.7. The second-order valence-corrected chi connectivity index (χ2v) is 4.18. The Morgan fingerprint density at radius 1 is 0.950 bits per heavy atom. The minimum atomic E-state index is -5.49. The first-order chi connectivity index (χ1) is 9.18. The summed E-state index contributed by atoms with van der Waals surface area (Å²) in [6.45, 7) is -7.25. The van der Waals surface area contributed by atoms with Crippen LogP contribution in [0.5, 0.6) is 5.75 Å². The van der Waals surface area contributed by atoms with E-state index in [9.17, 15) is 26.1 Å². The van der Waals surface area contributed by atoms with Crippen LogP contribution in [0.4, 0.5) is 26.1 Å². The van der Waals surface area contributed by atoms with E-state index in [2.05, 4.69) is 4.74 Å². The molecule has 0 spiro atoms. The van der Waals surface area contributed by atoms with Crippen molar-refractivity contribution in [1.29, 1.82) is 0 Å². The van der Waals surface area contributed by atoms with Crippen molar-refractivity contribution in [3.8, 4) is 5.75 Å². The topological polar surface area (TPSA) is 9.23 Å². The maximum Gasteiger partial charge on any atom is 0.513 e. The van der Waals surface area contributed by atoms with Gasteiger partial charge in [0.1, 0.15) is 0 Å². The first-order valence-electron chi connectivity index (χ1n) is 5.59. The lowest BCUT2D eigenvalue weighted by atomic mass is 9.76. The Bertz CT molecular complexity index is 619. The highest BCUT2D eigenvalue weighted by Gasteiger charge is 2.34. The minimum Gasteiger partial charge on any atom is -0.487 e. The number of hydrogen-bond donors (Lipinski definition) is 0. The van der Waals surface area contributed by atoms with Crippen LogP contribution >= 0.6 is 0 Å². The predicted octanol–water partition coefficient (Wildman–Crippen LogP) is 3.84. The summed E-state index contributed by atoms with van der Waals surface area (Å²) in [6, 6.07) is 7.81. The van der Waals surface area contributed by atoms with E-state index in [4.69, 9.17) is 0 Å². The highest BCUT2D eigenvalue weighted by Crippen LogP contribution is 2.26. The van der Waals surface area contributed by atoms with Crippen molar-refractivity contribution in [2.24, 2.45) is 0 Å². The number of ether oxygens (including phenoxy) is 1. The Labute approximate surface area is 110 Å². The molecule has 0 bridgehead atoms. The summed E-state index contributed by atoms with van der Waals surface area (Å²) < 4.78 is 79.9. The van der Waals surface area contributed by atoms with Gasteiger partial charge in [-0.3, -0.25) is 0 Å². The van der Waals surface area contributed by atoms with E-state index in [0.717, 1.165) is 6.07 Å². The molecule has 0 aliphatic carbocycles. The largest absolute Gasteiger partial charge is 0.513 e. The molecule has 0 aliphatic rings. The maximum atomic E-state index is 13.1. The lowest BCUT2D eigenvalue weighted by Crippen LogP contribution is -2.37. The van der Waals surface area contributed by atoms with E-state index in [1.165, 1.54) is 24.3 Å². The fourth-order valence-corrected chi connectivity index (χ4v) is 1.90. The van der Waals surface area contributed by atoms with E-state index >= 15 is 0 Å². The van der Waals surface area contributed by atoms with Gasteiger partial charge in [-0.15, -0.1) is 0 Å². The van der Waals surface area contributed by atoms with Crippen molar-refractivity contribution in [3.05, 3.63) is 36.4 Å². The fraction of sp³-hybridized carbons (Fsp3) is 0.167. The predicted molar refractivity (Wildman–Crippen MR) is 64.2 cm³/mol. The van der Waals surface area contributed by atoms with Gasteiger partial charge in [-0.2, -0.15) is 13.2 Å². The molecule has 0 saturated carbocycles. The van der Waals surface area contributed by atoms with Crippen molar-refractivity contribution in [2.45, 2.75) is 6.18 Å². The summed E-state index contributed by atoms with van der Waals surface area (Å²) >= 11 is 0. The molecule has 0 aliphatic heterocycles. The molecule has 2 aromatic carbocycles. The third-order valence-electron chi connectivity index (χ3n) is 2.65. The van der Waals surface area contributed by atoms with Gasteiger partial charge in [-0.1, -0.05) is 35.8 Å². The summed E-state index contributed by atoms with van der Waals surface area (Å²) in [5.74, 6) is -0.798. The van der Waals surface area contributed by atoms with E-state index in [1.807, 2.05) is 0 Å².